The van der Waals surface area contributed by atoms with E-state index in [1.807, 2.05) is 0 Å². The number of piperidine rings is 1. The summed E-state index contributed by atoms with van der Waals surface area (Å²) in [5.41, 5.74) is -0.145. The van der Waals surface area contributed by atoms with Gasteiger partial charge in [0.2, 0.25) is 0 Å². The number of fused-ring (bicyclic) bond motifs is 3. The van der Waals surface area contributed by atoms with Crippen molar-refractivity contribution >= 4 is 23.4 Å². The van der Waals surface area contributed by atoms with Crippen molar-refractivity contribution in [3.63, 3.8) is 0 Å². The van der Waals surface area contributed by atoms with E-state index in [1.54, 1.807) is 23.2 Å². The van der Waals surface area contributed by atoms with Gasteiger partial charge in [-0.05, 0) is 13.0 Å². The molecule has 3 unspecified atom stereocenters. The summed E-state index contributed by atoms with van der Waals surface area (Å²) in [6.45, 7) is 3.99. The molecule has 0 aromatic carbocycles. The first-order chi connectivity index (χ1) is 11.7. The van der Waals surface area contributed by atoms with E-state index in [0.717, 1.165) is 13.1 Å². The van der Waals surface area contributed by atoms with Crippen LogP contribution in [0.2, 0.25) is 5.15 Å². The maximum Gasteiger partial charge on any atom is 0.291 e. The van der Waals surface area contributed by atoms with Crippen LogP contribution in [0.15, 0.2) is 29.9 Å². The molecule has 3 aliphatic heterocycles. The Labute approximate surface area is 143 Å². The largest absolute Gasteiger partial charge is 0.455 e. The highest BCUT2D eigenvalue weighted by Crippen LogP contribution is 2.41. The molecule has 3 atom stereocenters. The zero-order valence-corrected chi connectivity index (χ0v) is 13.6. The smallest absolute Gasteiger partial charge is 0.291 e. The van der Waals surface area contributed by atoms with Crippen molar-refractivity contribution in [2.24, 2.45) is 10.9 Å². The Hall–Kier alpha value is -2.19. The summed E-state index contributed by atoms with van der Waals surface area (Å²) in [5.74, 6) is 1.88. The standard InChI is InChI=1S/C15H16ClN7O/c16-11-5-23(9-20-11)13-3-12(18-8-19-13)21-14-17-6-15(24-14)7-22-2-1-10(15)4-22/h3,5,8-10H,1-2,4,6-7H2,(H,17,18,19,21). The van der Waals surface area contributed by atoms with Gasteiger partial charge in [-0.25, -0.2) is 19.9 Å². The number of hydrogen-bond acceptors (Lipinski definition) is 7. The monoisotopic (exact) mass is 345 g/mol. The fraction of sp³-hybridized carbons (Fsp3) is 0.467. The molecule has 3 aliphatic rings. The molecule has 2 saturated heterocycles. The van der Waals surface area contributed by atoms with Gasteiger partial charge in [0.05, 0.1) is 6.54 Å². The van der Waals surface area contributed by atoms with Crippen LogP contribution >= 0.6 is 11.6 Å². The summed E-state index contributed by atoms with van der Waals surface area (Å²) in [6, 6.07) is 2.34. The Morgan fingerprint density at radius 1 is 1.33 bits per heavy atom. The van der Waals surface area contributed by atoms with Gasteiger partial charge in [0.1, 0.15) is 35.0 Å². The number of nitrogens with one attached hydrogen (secondary N) is 1. The lowest BCUT2D eigenvalue weighted by atomic mass is 9.88. The minimum atomic E-state index is -0.145. The Morgan fingerprint density at radius 2 is 2.29 bits per heavy atom. The van der Waals surface area contributed by atoms with Crippen LogP contribution in [0, 0.1) is 5.92 Å². The number of halogens is 1. The molecule has 0 radical (unpaired) electrons. The Balaban J connectivity index is 1.32. The SMILES string of the molecule is Clc1cn(-c2cc(NC3=NCC4(CN5CCC4C5)O3)ncn2)cn1. The van der Waals surface area contributed by atoms with E-state index in [1.165, 1.54) is 19.3 Å². The number of amidine groups is 1. The molecule has 24 heavy (non-hydrogen) atoms. The molecule has 2 fully saturated rings. The predicted molar refractivity (Wildman–Crippen MR) is 88.5 cm³/mol. The molecule has 0 aliphatic carbocycles. The first-order valence-corrected chi connectivity index (χ1v) is 8.33. The molecule has 1 spiro atoms. The second-order valence-electron chi connectivity index (χ2n) is 6.50. The van der Waals surface area contributed by atoms with Crippen LogP contribution in [0.5, 0.6) is 0 Å². The molecule has 2 aromatic rings. The second-order valence-corrected chi connectivity index (χ2v) is 6.89. The fourth-order valence-corrected chi connectivity index (χ4v) is 3.97. The van der Waals surface area contributed by atoms with E-state index in [0.29, 0.717) is 35.3 Å². The molecule has 0 saturated carbocycles. The van der Waals surface area contributed by atoms with E-state index in [9.17, 15) is 0 Å². The van der Waals surface area contributed by atoms with Gasteiger partial charge in [-0.1, -0.05) is 11.6 Å². The van der Waals surface area contributed by atoms with Gasteiger partial charge in [0, 0.05) is 31.3 Å². The van der Waals surface area contributed by atoms with Gasteiger partial charge in [-0.15, -0.1) is 0 Å². The van der Waals surface area contributed by atoms with Crippen LogP contribution < -0.4 is 5.32 Å². The van der Waals surface area contributed by atoms with Gasteiger partial charge < -0.3 is 4.74 Å². The van der Waals surface area contributed by atoms with Crippen LogP contribution in [0.3, 0.4) is 0 Å². The summed E-state index contributed by atoms with van der Waals surface area (Å²) >= 11 is 5.85. The Morgan fingerprint density at radius 3 is 3.04 bits per heavy atom. The Kier molecular flexibility index (Phi) is 3.04. The molecular formula is C15H16ClN7O. The topological polar surface area (TPSA) is 80.5 Å². The molecule has 9 heteroatoms. The highest BCUT2D eigenvalue weighted by molar-refractivity contribution is 6.29. The Bertz CT molecular complexity index is 822. The molecule has 5 rings (SSSR count). The molecule has 5 heterocycles. The first kappa shape index (κ1) is 14.2. The summed E-state index contributed by atoms with van der Waals surface area (Å²) < 4.78 is 7.93. The lowest BCUT2D eigenvalue weighted by Gasteiger charge is -2.32. The quantitative estimate of drug-likeness (QED) is 0.880. The van der Waals surface area contributed by atoms with Crippen molar-refractivity contribution in [2.75, 3.05) is 31.5 Å². The van der Waals surface area contributed by atoms with E-state index in [4.69, 9.17) is 16.3 Å². The first-order valence-electron chi connectivity index (χ1n) is 7.95. The van der Waals surface area contributed by atoms with Gasteiger partial charge in [0.15, 0.2) is 0 Å². The van der Waals surface area contributed by atoms with Crippen molar-refractivity contribution in [3.05, 3.63) is 30.1 Å². The van der Waals surface area contributed by atoms with E-state index in [2.05, 4.69) is 30.2 Å². The average Bonchev–Trinajstić information content (AvgIpc) is 3.34. The number of anilines is 1. The lowest BCUT2D eigenvalue weighted by Crippen LogP contribution is -2.46. The number of nitrogens with zero attached hydrogens (tertiary/aromatic N) is 6. The molecular weight excluding hydrogens is 330 g/mol. The third-order valence-corrected chi connectivity index (χ3v) is 5.20. The van der Waals surface area contributed by atoms with Crippen molar-refractivity contribution < 1.29 is 4.74 Å². The summed E-state index contributed by atoms with van der Waals surface area (Å²) in [7, 11) is 0. The third-order valence-electron chi connectivity index (χ3n) is 5.00. The molecule has 2 bridgehead atoms. The van der Waals surface area contributed by atoms with Crippen molar-refractivity contribution in [1.29, 1.82) is 0 Å². The number of ether oxygens (including phenoxy) is 1. The molecule has 1 N–H and O–H groups in total. The number of aliphatic imine (C=N–C) groups is 1. The van der Waals surface area contributed by atoms with Gasteiger partial charge in [-0.2, -0.15) is 0 Å². The van der Waals surface area contributed by atoms with Crippen LogP contribution in [-0.4, -0.2) is 62.2 Å². The average molecular weight is 346 g/mol. The van der Waals surface area contributed by atoms with Crippen molar-refractivity contribution in [1.82, 2.24) is 24.4 Å². The molecule has 124 valence electrons. The maximum atomic E-state index is 6.19. The van der Waals surface area contributed by atoms with Crippen LogP contribution in [0.1, 0.15) is 6.42 Å². The molecule has 2 aromatic heterocycles. The molecule has 0 amide bonds. The zero-order valence-electron chi connectivity index (χ0n) is 12.9. The van der Waals surface area contributed by atoms with Crippen LogP contribution in [-0.2, 0) is 4.74 Å². The van der Waals surface area contributed by atoms with Gasteiger partial charge in [-0.3, -0.25) is 14.8 Å². The minimum Gasteiger partial charge on any atom is -0.455 e. The summed E-state index contributed by atoms with van der Waals surface area (Å²) in [4.78, 5) is 19.5. The normalized spacial score (nSPS) is 30.6. The highest BCUT2D eigenvalue weighted by Gasteiger charge is 2.54. The number of rotatable bonds is 2. The predicted octanol–water partition coefficient (Wildman–Crippen LogP) is 1.19. The third kappa shape index (κ3) is 2.25. The van der Waals surface area contributed by atoms with Gasteiger partial charge in [0.25, 0.3) is 6.02 Å². The van der Waals surface area contributed by atoms with E-state index < -0.39 is 0 Å². The molecule has 8 nitrogen and oxygen atoms in total. The zero-order chi connectivity index (χ0) is 16.1. The lowest BCUT2D eigenvalue weighted by molar-refractivity contribution is 0.0364. The summed E-state index contributed by atoms with van der Waals surface area (Å²) in [6.07, 6.45) is 5.98. The van der Waals surface area contributed by atoms with Crippen LogP contribution in [0.4, 0.5) is 5.82 Å². The highest BCUT2D eigenvalue weighted by atomic mass is 35.5. The summed E-state index contributed by atoms with van der Waals surface area (Å²) in [5, 5.41) is 3.58. The van der Waals surface area contributed by atoms with Crippen molar-refractivity contribution in [3.8, 4) is 5.82 Å². The number of hydrogen-bond donors (Lipinski definition) is 1. The van der Waals surface area contributed by atoms with E-state index in [-0.39, 0.29) is 5.60 Å². The van der Waals surface area contributed by atoms with Crippen LogP contribution in [0.25, 0.3) is 5.82 Å². The van der Waals surface area contributed by atoms with Gasteiger partial charge >= 0.3 is 0 Å². The second kappa shape index (κ2) is 5.15. The van der Waals surface area contributed by atoms with Crippen molar-refractivity contribution in [2.45, 2.75) is 12.0 Å². The number of imidazole rings is 1. The fourth-order valence-electron chi connectivity index (χ4n) is 3.83. The number of aromatic nitrogens is 4. The van der Waals surface area contributed by atoms with E-state index >= 15 is 0 Å². The minimum absolute atomic E-state index is 0.145. The maximum absolute atomic E-state index is 6.19.